The first-order valence-electron chi connectivity index (χ1n) is 9.34. The molecular weight excluding hydrogens is 344 g/mol. The topological polar surface area (TPSA) is 40.6 Å². The molecule has 1 fully saturated rings. The SMILES string of the molecule is CCN1C(=O)S/C(=C\c2ccc3c(c2)[C@H](C)CC(C)(C)N3C(C)C)C1=O. The summed E-state index contributed by atoms with van der Waals surface area (Å²) in [6.07, 6.45) is 2.95. The second-order valence-electron chi connectivity index (χ2n) is 8.13. The number of rotatable bonds is 3. The molecular formula is C21H28N2O2S. The molecule has 0 aliphatic carbocycles. The number of hydrogen-bond donors (Lipinski definition) is 0. The number of benzene rings is 1. The Bertz CT molecular complexity index is 782. The van der Waals surface area contributed by atoms with E-state index in [-0.39, 0.29) is 16.7 Å². The van der Waals surface area contributed by atoms with Crippen LogP contribution >= 0.6 is 11.8 Å². The summed E-state index contributed by atoms with van der Waals surface area (Å²) in [5.41, 5.74) is 3.70. The van der Waals surface area contributed by atoms with Crippen molar-refractivity contribution in [3.05, 3.63) is 34.2 Å². The van der Waals surface area contributed by atoms with E-state index in [0.717, 1.165) is 23.7 Å². The molecule has 1 aromatic carbocycles. The lowest BCUT2D eigenvalue weighted by atomic mass is 9.79. The molecule has 0 aromatic heterocycles. The summed E-state index contributed by atoms with van der Waals surface area (Å²) in [4.78, 5) is 28.6. The molecule has 2 aliphatic rings. The predicted octanol–water partition coefficient (Wildman–Crippen LogP) is 5.24. The van der Waals surface area contributed by atoms with Crippen molar-refractivity contribution in [2.75, 3.05) is 11.4 Å². The summed E-state index contributed by atoms with van der Waals surface area (Å²) in [6.45, 7) is 13.6. The van der Waals surface area contributed by atoms with Gasteiger partial charge in [0.1, 0.15) is 0 Å². The van der Waals surface area contributed by atoms with Crippen molar-refractivity contribution in [2.24, 2.45) is 0 Å². The van der Waals surface area contributed by atoms with Crippen LogP contribution in [-0.2, 0) is 4.79 Å². The van der Waals surface area contributed by atoms with E-state index < -0.39 is 0 Å². The predicted molar refractivity (Wildman–Crippen MR) is 110 cm³/mol. The molecule has 1 saturated heterocycles. The van der Waals surface area contributed by atoms with Crippen molar-refractivity contribution in [1.82, 2.24) is 4.90 Å². The molecule has 0 unspecified atom stereocenters. The van der Waals surface area contributed by atoms with Crippen LogP contribution in [0.1, 0.15) is 65.0 Å². The highest BCUT2D eigenvalue weighted by atomic mass is 32.2. The Kier molecular flexibility index (Phi) is 4.95. The molecule has 4 nitrogen and oxygen atoms in total. The van der Waals surface area contributed by atoms with Gasteiger partial charge in [-0.25, -0.2) is 0 Å². The molecule has 2 heterocycles. The normalized spacial score (nSPS) is 24.0. The van der Waals surface area contributed by atoms with Gasteiger partial charge in [-0.3, -0.25) is 14.5 Å². The first-order chi connectivity index (χ1) is 12.2. The van der Waals surface area contributed by atoms with Gasteiger partial charge in [-0.2, -0.15) is 0 Å². The number of carbonyl (C=O) groups is 2. The van der Waals surface area contributed by atoms with E-state index in [1.165, 1.54) is 16.2 Å². The van der Waals surface area contributed by atoms with Crippen LogP contribution in [0.15, 0.2) is 23.1 Å². The van der Waals surface area contributed by atoms with E-state index >= 15 is 0 Å². The summed E-state index contributed by atoms with van der Waals surface area (Å²) < 4.78 is 0. The molecule has 26 heavy (non-hydrogen) atoms. The molecule has 140 valence electrons. The Morgan fingerprint density at radius 2 is 2.00 bits per heavy atom. The molecule has 1 aromatic rings. The van der Waals surface area contributed by atoms with E-state index in [1.807, 2.05) is 13.0 Å². The Balaban J connectivity index is 2.00. The average molecular weight is 373 g/mol. The van der Waals surface area contributed by atoms with E-state index in [9.17, 15) is 9.59 Å². The Morgan fingerprint density at radius 3 is 2.58 bits per heavy atom. The molecule has 2 amide bonds. The lowest BCUT2D eigenvalue weighted by Crippen LogP contribution is -2.51. The molecule has 0 saturated carbocycles. The number of fused-ring (bicyclic) bond motifs is 1. The first kappa shape index (κ1) is 19.0. The fourth-order valence-corrected chi connectivity index (χ4v) is 5.36. The highest BCUT2D eigenvalue weighted by Gasteiger charge is 2.38. The lowest BCUT2D eigenvalue weighted by molar-refractivity contribution is -0.122. The molecule has 0 N–H and O–H groups in total. The summed E-state index contributed by atoms with van der Waals surface area (Å²) in [5.74, 6) is 0.271. The number of nitrogens with zero attached hydrogens (tertiary/aromatic N) is 2. The Hall–Kier alpha value is -1.75. The zero-order valence-corrected chi connectivity index (χ0v) is 17.3. The second kappa shape index (κ2) is 6.76. The van der Waals surface area contributed by atoms with Crippen LogP contribution < -0.4 is 4.90 Å². The molecule has 0 spiro atoms. The number of carbonyl (C=O) groups excluding carboxylic acids is 2. The van der Waals surface area contributed by atoms with Gasteiger partial charge in [-0.05, 0) is 88.1 Å². The maximum Gasteiger partial charge on any atom is 0.293 e. The highest BCUT2D eigenvalue weighted by Crippen LogP contribution is 2.45. The fourth-order valence-electron chi connectivity index (χ4n) is 4.46. The number of hydrogen-bond acceptors (Lipinski definition) is 4. The average Bonchev–Trinajstić information content (AvgIpc) is 2.80. The number of thioether (sulfide) groups is 1. The van der Waals surface area contributed by atoms with Gasteiger partial charge in [-0.15, -0.1) is 0 Å². The third-order valence-corrected chi connectivity index (χ3v) is 6.21. The van der Waals surface area contributed by atoms with Gasteiger partial charge >= 0.3 is 0 Å². The van der Waals surface area contributed by atoms with Crippen LogP contribution in [0.4, 0.5) is 10.5 Å². The number of likely N-dealkylation sites (N-methyl/N-ethyl adjacent to an activating group) is 1. The van der Waals surface area contributed by atoms with Crippen molar-refractivity contribution < 1.29 is 9.59 Å². The second-order valence-corrected chi connectivity index (χ2v) is 9.12. The van der Waals surface area contributed by atoms with Crippen LogP contribution in [0.5, 0.6) is 0 Å². The summed E-state index contributed by atoms with van der Waals surface area (Å²) in [5, 5.41) is -0.178. The van der Waals surface area contributed by atoms with E-state index in [2.05, 4.69) is 57.7 Å². The highest BCUT2D eigenvalue weighted by molar-refractivity contribution is 8.18. The number of anilines is 1. The van der Waals surface area contributed by atoms with Crippen LogP contribution in [0, 0.1) is 0 Å². The van der Waals surface area contributed by atoms with E-state index in [0.29, 0.717) is 23.4 Å². The smallest absolute Gasteiger partial charge is 0.293 e. The molecule has 1 atom stereocenters. The van der Waals surface area contributed by atoms with Crippen LogP contribution in [0.25, 0.3) is 6.08 Å². The van der Waals surface area contributed by atoms with Gasteiger partial charge in [0.15, 0.2) is 0 Å². The molecule has 5 heteroatoms. The maximum atomic E-state index is 12.3. The third-order valence-electron chi connectivity index (χ3n) is 5.30. The van der Waals surface area contributed by atoms with E-state index in [1.54, 1.807) is 0 Å². The minimum atomic E-state index is -0.182. The van der Waals surface area contributed by atoms with Gasteiger partial charge in [-0.1, -0.05) is 13.0 Å². The summed E-state index contributed by atoms with van der Waals surface area (Å²) >= 11 is 1.03. The zero-order chi connectivity index (χ0) is 19.2. The Labute approximate surface area is 160 Å². The zero-order valence-electron chi connectivity index (χ0n) is 16.5. The van der Waals surface area contributed by atoms with E-state index in [4.69, 9.17) is 0 Å². The number of imide groups is 1. The van der Waals surface area contributed by atoms with Crippen LogP contribution in [0.3, 0.4) is 0 Å². The quantitative estimate of drug-likeness (QED) is 0.680. The van der Waals surface area contributed by atoms with Crippen molar-refractivity contribution in [3.63, 3.8) is 0 Å². The summed E-state index contributed by atoms with van der Waals surface area (Å²) in [6, 6.07) is 6.83. The Morgan fingerprint density at radius 1 is 1.31 bits per heavy atom. The van der Waals surface area contributed by atoms with Gasteiger partial charge in [0, 0.05) is 23.8 Å². The molecule has 2 aliphatic heterocycles. The largest absolute Gasteiger partial charge is 0.364 e. The monoisotopic (exact) mass is 372 g/mol. The number of amides is 2. The standard InChI is InChI=1S/C21H28N2O2S/c1-7-22-19(24)18(26-20(22)25)11-15-8-9-17-16(10-15)14(4)12-21(5,6)23(17)13(2)3/h8-11,13-14H,7,12H2,1-6H3/b18-11-/t14-/m1/s1. The first-order valence-corrected chi connectivity index (χ1v) is 10.2. The van der Waals surface area contributed by atoms with Crippen LogP contribution in [-0.4, -0.2) is 34.2 Å². The van der Waals surface area contributed by atoms with Crippen molar-refractivity contribution >= 4 is 34.7 Å². The third kappa shape index (κ3) is 3.18. The summed E-state index contributed by atoms with van der Waals surface area (Å²) in [7, 11) is 0. The molecule has 0 bridgehead atoms. The van der Waals surface area contributed by atoms with Gasteiger partial charge in [0.05, 0.1) is 4.91 Å². The van der Waals surface area contributed by atoms with Gasteiger partial charge in [0.25, 0.3) is 11.1 Å². The van der Waals surface area contributed by atoms with Crippen molar-refractivity contribution in [3.8, 4) is 0 Å². The van der Waals surface area contributed by atoms with Crippen molar-refractivity contribution in [2.45, 2.75) is 65.5 Å². The minimum absolute atomic E-state index is 0.117. The molecule has 0 radical (unpaired) electrons. The maximum absolute atomic E-state index is 12.3. The molecule has 3 rings (SSSR count). The van der Waals surface area contributed by atoms with Crippen LogP contribution in [0.2, 0.25) is 0 Å². The van der Waals surface area contributed by atoms with Gasteiger partial charge in [0.2, 0.25) is 0 Å². The van der Waals surface area contributed by atoms with Crippen molar-refractivity contribution in [1.29, 1.82) is 0 Å². The minimum Gasteiger partial charge on any atom is -0.364 e. The fraction of sp³-hybridized carbons (Fsp3) is 0.524. The lowest BCUT2D eigenvalue weighted by Gasteiger charge is -2.50. The van der Waals surface area contributed by atoms with Gasteiger partial charge < -0.3 is 4.90 Å².